The van der Waals surface area contributed by atoms with Crippen molar-refractivity contribution in [3.05, 3.63) is 34.4 Å². The molecule has 7 nitrogen and oxygen atoms in total. The quantitative estimate of drug-likeness (QED) is 0.433. The first-order valence-electron chi connectivity index (χ1n) is 9.33. The van der Waals surface area contributed by atoms with E-state index in [1.165, 1.54) is 19.9 Å². The number of phenols is 2. The van der Waals surface area contributed by atoms with Crippen molar-refractivity contribution < 1.29 is 34.8 Å². The Hall–Kier alpha value is -2.38. The van der Waals surface area contributed by atoms with Crippen LogP contribution in [0, 0.1) is 6.92 Å². The molecule has 0 saturated carbocycles. The Morgan fingerprint density at radius 1 is 1.25 bits per heavy atom. The Bertz CT molecular complexity index is 784. The van der Waals surface area contributed by atoms with Crippen LogP contribution < -0.4 is 0 Å². The second-order valence-corrected chi connectivity index (χ2v) is 7.64. The van der Waals surface area contributed by atoms with E-state index in [0.29, 0.717) is 29.6 Å². The number of rotatable bonds is 6. The number of hydrogen-bond donors (Lipinski definition) is 4. The maximum absolute atomic E-state index is 12.7. The summed E-state index contributed by atoms with van der Waals surface area (Å²) in [5.41, 5.74) is -0.424. The third kappa shape index (κ3) is 4.36. The summed E-state index contributed by atoms with van der Waals surface area (Å²) < 4.78 is 5.49. The number of esters is 1. The molecule has 0 aliphatic heterocycles. The summed E-state index contributed by atoms with van der Waals surface area (Å²) in [6.45, 7) is 6.46. The average molecular weight is 392 g/mol. The average Bonchev–Trinajstić information content (AvgIpc) is 2.56. The van der Waals surface area contributed by atoms with Crippen LogP contribution in [0.3, 0.4) is 0 Å². The highest BCUT2D eigenvalue weighted by Gasteiger charge is 2.47. The number of hydrogen-bond acceptors (Lipinski definition) is 7. The number of ether oxygens (including phenoxy) is 1. The molecule has 3 unspecified atom stereocenters. The summed E-state index contributed by atoms with van der Waals surface area (Å²) in [5.74, 6) is -1.52. The van der Waals surface area contributed by atoms with Crippen LogP contribution in [-0.4, -0.2) is 50.0 Å². The fraction of sp³-hybridized carbons (Fsp3) is 0.524. The zero-order chi connectivity index (χ0) is 21.2. The van der Waals surface area contributed by atoms with Gasteiger partial charge in [0.25, 0.3) is 0 Å². The fourth-order valence-corrected chi connectivity index (χ4v) is 3.61. The molecule has 154 valence electrons. The summed E-state index contributed by atoms with van der Waals surface area (Å²) in [6.07, 6.45) is -1.03. The van der Waals surface area contributed by atoms with Crippen molar-refractivity contribution in [1.29, 1.82) is 0 Å². The Labute approximate surface area is 164 Å². The van der Waals surface area contributed by atoms with Crippen LogP contribution in [0.15, 0.2) is 23.3 Å². The molecule has 0 aromatic heterocycles. The number of phenolic OH excluding ortho intramolecular Hbond substituents is 2. The molecule has 0 bridgehead atoms. The van der Waals surface area contributed by atoms with E-state index in [4.69, 9.17) is 4.74 Å². The monoisotopic (exact) mass is 392 g/mol. The van der Waals surface area contributed by atoms with Crippen LogP contribution >= 0.6 is 0 Å². The molecule has 0 fully saturated rings. The van der Waals surface area contributed by atoms with Crippen LogP contribution in [0.1, 0.15) is 62.4 Å². The Morgan fingerprint density at radius 3 is 2.46 bits per heavy atom. The number of aromatic hydroxyl groups is 2. The van der Waals surface area contributed by atoms with Gasteiger partial charge in [0.05, 0.1) is 6.10 Å². The van der Waals surface area contributed by atoms with E-state index < -0.39 is 29.5 Å². The molecule has 7 heteroatoms. The number of aliphatic hydroxyl groups is 2. The summed E-state index contributed by atoms with van der Waals surface area (Å²) in [5, 5.41) is 40.7. The molecule has 1 aliphatic carbocycles. The smallest absolute Gasteiger partial charge is 0.342 e. The predicted molar refractivity (Wildman–Crippen MR) is 102 cm³/mol. The maximum Gasteiger partial charge on any atom is 0.342 e. The number of benzene rings is 1. The minimum atomic E-state index is -1.75. The molecule has 28 heavy (non-hydrogen) atoms. The van der Waals surface area contributed by atoms with Gasteiger partial charge in [-0.3, -0.25) is 4.79 Å². The van der Waals surface area contributed by atoms with Crippen LogP contribution in [0.2, 0.25) is 0 Å². The summed E-state index contributed by atoms with van der Waals surface area (Å²) in [4.78, 5) is 24.7. The summed E-state index contributed by atoms with van der Waals surface area (Å²) >= 11 is 0. The molecule has 0 radical (unpaired) electrons. The minimum absolute atomic E-state index is 0.0164. The number of ketones is 1. The molecule has 0 saturated heterocycles. The fourth-order valence-electron chi connectivity index (χ4n) is 3.61. The molecule has 1 aliphatic rings. The summed E-state index contributed by atoms with van der Waals surface area (Å²) in [7, 11) is 0. The van der Waals surface area contributed by atoms with E-state index >= 15 is 0 Å². The first-order chi connectivity index (χ1) is 13.0. The van der Waals surface area contributed by atoms with Crippen molar-refractivity contribution in [1.82, 2.24) is 0 Å². The van der Waals surface area contributed by atoms with Gasteiger partial charge in [-0.25, -0.2) is 4.79 Å². The molecule has 4 N–H and O–H groups in total. The predicted octanol–water partition coefficient (Wildman–Crippen LogP) is 2.52. The van der Waals surface area contributed by atoms with E-state index in [2.05, 4.69) is 0 Å². The Balaban J connectivity index is 2.37. The van der Waals surface area contributed by atoms with Gasteiger partial charge >= 0.3 is 5.97 Å². The number of aryl methyl sites for hydroxylation is 1. The molecule has 1 aromatic rings. The van der Waals surface area contributed by atoms with E-state index in [1.807, 2.05) is 6.92 Å². The van der Waals surface area contributed by atoms with Crippen molar-refractivity contribution >= 4 is 11.8 Å². The third-order valence-corrected chi connectivity index (χ3v) is 5.26. The highest BCUT2D eigenvalue weighted by atomic mass is 16.6. The molecule has 3 atom stereocenters. The SMILES string of the molecule is CCCC(=O)CC1=C(C)C(OC(=O)c2c(C)cc(O)cc2O)C(C)(O)C(O)C1. The van der Waals surface area contributed by atoms with Gasteiger partial charge in [-0.05, 0) is 50.8 Å². The van der Waals surface area contributed by atoms with Gasteiger partial charge in [-0.1, -0.05) is 12.5 Å². The molecular formula is C21H28O7. The number of aliphatic hydroxyl groups excluding tert-OH is 1. The number of Topliss-reactive ketones (excluding diaryl/α,β-unsaturated/α-hetero) is 1. The van der Waals surface area contributed by atoms with Crippen molar-refractivity contribution in [3.63, 3.8) is 0 Å². The van der Waals surface area contributed by atoms with Gasteiger partial charge in [0.2, 0.25) is 0 Å². The first kappa shape index (κ1) is 21.9. The highest BCUT2D eigenvalue weighted by Crippen LogP contribution is 2.38. The molecule has 0 amide bonds. The molecule has 1 aromatic carbocycles. The van der Waals surface area contributed by atoms with E-state index in [-0.39, 0.29) is 29.9 Å². The van der Waals surface area contributed by atoms with Crippen LogP contribution in [0.25, 0.3) is 0 Å². The molecule has 0 spiro atoms. The molecule has 2 rings (SSSR count). The third-order valence-electron chi connectivity index (χ3n) is 5.26. The van der Waals surface area contributed by atoms with Gasteiger partial charge in [-0.15, -0.1) is 0 Å². The first-order valence-corrected chi connectivity index (χ1v) is 9.33. The van der Waals surface area contributed by atoms with E-state index in [0.717, 1.165) is 6.07 Å². The Kier molecular flexibility index (Phi) is 6.52. The second-order valence-electron chi connectivity index (χ2n) is 7.64. The van der Waals surface area contributed by atoms with Crippen molar-refractivity contribution in [2.75, 3.05) is 0 Å². The number of carbonyl (C=O) groups excluding carboxylic acids is 2. The zero-order valence-corrected chi connectivity index (χ0v) is 16.7. The highest BCUT2D eigenvalue weighted by molar-refractivity contribution is 5.94. The van der Waals surface area contributed by atoms with Gasteiger partial charge < -0.3 is 25.2 Å². The topological polar surface area (TPSA) is 124 Å². The normalized spacial score (nSPS) is 24.9. The molecule has 0 heterocycles. The lowest BCUT2D eigenvalue weighted by Gasteiger charge is -2.42. The van der Waals surface area contributed by atoms with Crippen molar-refractivity contribution in [2.24, 2.45) is 0 Å². The van der Waals surface area contributed by atoms with Crippen LogP contribution in [-0.2, 0) is 9.53 Å². The number of carbonyl (C=O) groups is 2. The van der Waals surface area contributed by atoms with Gasteiger partial charge in [0.15, 0.2) is 6.10 Å². The lowest BCUT2D eigenvalue weighted by atomic mass is 9.76. The van der Waals surface area contributed by atoms with Gasteiger partial charge in [-0.2, -0.15) is 0 Å². The maximum atomic E-state index is 12.7. The Morgan fingerprint density at radius 2 is 1.89 bits per heavy atom. The zero-order valence-electron chi connectivity index (χ0n) is 16.7. The minimum Gasteiger partial charge on any atom is -0.508 e. The molecular weight excluding hydrogens is 364 g/mol. The van der Waals surface area contributed by atoms with E-state index in [9.17, 15) is 30.0 Å². The largest absolute Gasteiger partial charge is 0.508 e. The van der Waals surface area contributed by atoms with Gasteiger partial charge in [0.1, 0.15) is 28.4 Å². The lowest BCUT2D eigenvalue weighted by molar-refractivity contribution is -0.133. The van der Waals surface area contributed by atoms with E-state index in [1.54, 1.807) is 6.92 Å². The lowest BCUT2D eigenvalue weighted by Crippen LogP contribution is -2.55. The second kappa shape index (κ2) is 8.32. The van der Waals surface area contributed by atoms with Gasteiger partial charge in [0, 0.05) is 18.9 Å². The standard InChI is InChI=1S/C21H28O7/c1-5-6-14(22)8-13-9-17(25)21(4,27)19(12(13)3)28-20(26)18-11(2)7-15(23)10-16(18)24/h7,10,17,19,23-25,27H,5-6,8-9H2,1-4H3. The van der Waals surface area contributed by atoms with Crippen LogP contribution in [0.4, 0.5) is 0 Å². The van der Waals surface area contributed by atoms with Crippen molar-refractivity contribution in [2.45, 2.75) is 71.2 Å². The van der Waals surface area contributed by atoms with Crippen LogP contribution in [0.5, 0.6) is 11.5 Å². The van der Waals surface area contributed by atoms with Crippen molar-refractivity contribution in [3.8, 4) is 11.5 Å². The summed E-state index contributed by atoms with van der Waals surface area (Å²) in [6, 6.07) is 2.33.